The van der Waals surface area contributed by atoms with Gasteiger partial charge in [0.15, 0.2) is 0 Å². The first kappa shape index (κ1) is 11.1. The molecule has 2 rings (SSSR count). The minimum absolute atomic E-state index is 0.146. The van der Waals surface area contributed by atoms with E-state index < -0.39 is 12.0 Å². The summed E-state index contributed by atoms with van der Waals surface area (Å²) in [4.78, 5) is 20.7. The Morgan fingerprint density at radius 2 is 2.38 bits per heavy atom. The van der Waals surface area contributed by atoms with Crippen LogP contribution in [0, 0.1) is 0 Å². The average Bonchev–Trinajstić information content (AvgIpc) is 2.29. The lowest BCUT2D eigenvalue weighted by molar-refractivity contribution is -0.139. The van der Waals surface area contributed by atoms with E-state index in [1.54, 1.807) is 11.0 Å². The molecule has 0 unspecified atom stereocenters. The van der Waals surface area contributed by atoms with Gasteiger partial charge >= 0.3 is 5.97 Å². The largest absolute Gasteiger partial charge is 0.480 e. The maximum Gasteiger partial charge on any atom is 0.326 e. The van der Waals surface area contributed by atoms with Crippen molar-refractivity contribution in [2.24, 2.45) is 0 Å². The van der Waals surface area contributed by atoms with Gasteiger partial charge in [-0.05, 0) is 36.9 Å². The van der Waals surface area contributed by atoms with E-state index in [1.165, 1.54) is 6.20 Å². The second-order valence-corrected chi connectivity index (χ2v) is 4.07. The van der Waals surface area contributed by atoms with Gasteiger partial charge in [0.25, 0.3) is 0 Å². The highest BCUT2D eigenvalue weighted by Gasteiger charge is 2.29. The number of hydrogen-bond donors (Lipinski definition) is 1. The molecule has 0 amide bonds. The van der Waals surface area contributed by atoms with E-state index in [0.717, 1.165) is 12.8 Å². The molecule has 1 aliphatic rings. The first-order chi connectivity index (χ1) is 7.68. The number of piperidine rings is 1. The summed E-state index contributed by atoms with van der Waals surface area (Å²) < 4.78 is 0. The fourth-order valence-corrected chi connectivity index (χ4v) is 2.09. The molecule has 86 valence electrons. The highest BCUT2D eigenvalue weighted by molar-refractivity contribution is 6.28. The van der Waals surface area contributed by atoms with Crippen molar-refractivity contribution in [1.29, 1.82) is 0 Å². The molecule has 1 N–H and O–H groups in total. The van der Waals surface area contributed by atoms with Crippen molar-refractivity contribution >= 4 is 23.4 Å². The van der Waals surface area contributed by atoms with E-state index >= 15 is 0 Å². The molecule has 6 heteroatoms. The normalized spacial score (nSPS) is 20.8. The molecule has 0 bridgehead atoms. The summed E-state index contributed by atoms with van der Waals surface area (Å²) in [5, 5.41) is 9.27. The molecule has 1 saturated heterocycles. The van der Waals surface area contributed by atoms with Crippen molar-refractivity contribution in [3.05, 3.63) is 17.5 Å². The second-order valence-electron chi connectivity index (χ2n) is 3.73. The van der Waals surface area contributed by atoms with Crippen LogP contribution >= 0.6 is 11.6 Å². The molecular formula is C10H12ClN3O2. The standard InChI is InChI=1S/C10H12ClN3O2/c11-10-12-5-4-8(13-10)14-6-2-1-3-7(14)9(15)16/h4-5,7H,1-3,6H2,(H,15,16)/t7-/m1/s1. The van der Waals surface area contributed by atoms with Gasteiger partial charge in [0.05, 0.1) is 0 Å². The molecular weight excluding hydrogens is 230 g/mol. The number of aliphatic carboxylic acids is 1. The zero-order valence-corrected chi connectivity index (χ0v) is 9.39. The molecule has 1 aliphatic heterocycles. The van der Waals surface area contributed by atoms with Gasteiger partial charge in [-0.2, -0.15) is 0 Å². The summed E-state index contributed by atoms with van der Waals surface area (Å²) in [6, 6.07) is 1.19. The van der Waals surface area contributed by atoms with E-state index in [4.69, 9.17) is 16.7 Å². The zero-order chi connectivity index (χ0) is 11.5. The minimum Gasteiger partial charge on any atom is -0.480 e. The summed E-state index contributed by atoms with van der Waals surface area (Å²) in [5.41, 5.74) is 0. The van der Waals surface area contributed by atoms with E-state index in [2.05, 4.69) is 9.97 Å². The minimum atomic E-state index is -0.811. The summed E-state index contributed by atoms with van der Waals surface area (Å²) in [6.07, 6.45) is 4.10. The Labute approximate surface area is 98.1 Å². The number of anilines is 1. The molecule has 0 radical (unpaired) electrons. The van der Waals surface area contributed by atoms with Gasteiger partial charge in [0.2, 0.25) is 5.28 Å². The molecule has 1 aromatic heterocycles. The highest BCUT2D eigenvalue weighted by Crippen LogP contribution is 2.23. The first-order valence-electron chi connectivity index (χ1n) is 5.16. The third-order valence-electron chi connectivity index (χ3n) is 2.69. The number of rotatable bonds is 2. The Kier molecular flexibility index (Phi) is 3.24. The predicted molar refractivity (Wildman–Crippen MR) is 59.7 cm³/mol. The number of aromatic nitrogens is 2. The fraction of sp³-hybridized carbons (Fsp3) is 0.500. The molecule has 0 saturated carbocycles. The van der Waals surface area contributed by atoms with Gasteiger partial charge in [0.1, 0.15) is 11.9 Å². The van der Waals surface area contributed by atoms with Crippen LogP contribution in [0.3, 0.4) is 0 Å². The molecule has 2 heterocycles. The van der Waals surface area contributed by atoms with E-state index in [-0.39, 0.29) is 5.28 Å². The lowest BCUT2D eigenvalue weighted by Gasteiger charge is -2.33. The van der Waals surface area contributed by atoms with Gasteiger partial charge in [-0.15, -0.1) is 0 Å². The molecule has 5 nitrogen and oxygen atoms in total. The van der Waals surface area contributed by atoms with Gasteiger partial charge in [-0.25, -0.2) is 14.8 Å². The van der Waals surface area contributed by atoms with Gasteiger partial charge < -0.3 is 10.0 Å². The van der Waals surface area contributed by atoms with Crippen LogP contribution in [0.15, 0.2) is 12.3 Å². The van der Waals surface area contributed by atoms with Crippen molar-refractivity contribution in [3.63, 3.8) is 0 Å². The molecule has 1 aromatic rings. The smallest absolute Gasteiger partial charge is 0.326 e. The third-order valence-corrected chi connectivity index (χ3v) is 2.88. The summed E-state index contributed by atoms with van der Waals surface area (Å²) in [6.45, 7) is 0.699. The fourth-order valence-electron chi connectivity index (χ4n) is 1.95. The molecule has 0 aromatic carbocycles. The van der Waals surface area contributed by atoms with Crippen LogP contribution < -0.4 is 4.90 Å². The first-order valence-corrected chi connectivity index (χ1v) is 5.54. The summed E-state index contributed by atoms with van der Waals surface area (Å²) in [7, 11) is 0. The number of nitrogens with zero attached hydrogens (tertiary/aromatic N) is 3. The van der Waals surface area contributed by atoms with Crippen molar-refractivity contribution in [2.45, 2.75) is 25.3 Å². The van der Waals surface area contributed by atoms with Gasteiger partial charge in [0, 0.05) is 12.7 Å². The van der Waals surface area contributed by atoms with Crippen LogP contribution in [0.4, 0.5) is 5.82 Å². The summed E-state index contributed by atoms with van der Waals surface area (Å²) in [5.74, 6) is -0.221. The molecule has 1 atom stereocenters. The second kappa shape index (κ2) is 4.65. The number of carbonyl (C=O) groups is 1. The Balaban J connectivity index is 2.26. The highest BCUT2D eigenvalue weighted by atomic mass is 35.5. The molecule has 0 spiro atoms. The lowest BCUT2D eigenvalue weighted by Crippen LogP contribution is -2.45. The lowest BCUT2D eigenvalue weighted by atomic mass is 10.0. The molecule has 1 fully saturated rings. The van der Waals surface area contributed by atoms with E-state index in [9.17, 15) is 4.79 Å². The van der Waals surface area contributed by atoms with Crippen molar-refractivity contribution < 1.29 is 9.90 Å². The van der Waals surface area contributed by atoms with Crippen LogP contribution in [-0.4, -0.2) is 33.6 Å². The predicted octanol–water partition coefficient (Wildman–Crippen LogP) is 1.57. The zero-order valence-electron chi connectivity index (χ0n) is 8.64. The monoisotopic (exact) mass is 241 g/mol. The van der Waals surface area contributed by atoms with E-state index in [1.807, 2.05) is 0 Å². The van der Waals surface area contributed by atoms with Crippen molar-refractivity contribution in [3.8, 4) is 0 Å². The summed E-state index contributed by atoms with van der Waals surface area (Å²) >= 11 is 5.70. The Morgan fingerprint density at radius 3 is 3.06 bits per heavy atom. The SMILES string of the molecule is O=C(O)[C@H]1CCCCN1c1ccnc(Cl)n1. The Bertz CT molecular complexity index is 399. The number of carboxylic acid groups (broad SMARTS) is 1. The number of halogens is 1. The maximum atomic E-state index is 11.1. The quantitative estimate of drug-likeness (QED) is 0.797. The number of carboxylic acids is 1. The van der Waals surface area contributed by atoms with Crippen LogP contribution in [0.2, 0.25) is 5.28 Å². The van der Waals surface area contributed by atoms with Gasteiger partial charge in [-0.1, -0.05) is 0 Å². The third kappa shape index (κ3) is 2.24. The molecule has 16 heavy (non-hydrogen) atoms. The van der Waals surface area contributed by atoms with Crippen LogP contribution in [-0.2, 0) is 4.79 Å². The van der Waals surface area contributed by atoms with Crippen LogP contribution in [0.5, 0.6) is 0 Å². The van der Waals surface area contributed by atoms with Crippen molar-refractivity contribution in [1.82, 2.24) is 9.97 Å². The van der Waals surface area contributed by atoms with Crippen molar-refractivity contribution in [2.75, 3.05) is 11.4 Å². The van der Waals surface area contributed by atoms with Crippen LogP contribution in [0.25, 0.3) is 0 Å². The Morgan fingerprint density at radius 1 is 1.56 bits per heavy atom. The number of hydrogen-bond acceptors (Lipinski definition) is 4. The average molecular weight is 242 g/mol. The maximum absolute atomic E-state index is 11.1. The van der Waals surface area contributed by atoms with Crippen LogP contribution in [0.1, 0.15) is 19.3 Å². The van der Waals surface area contributed by atoms with Gasteiger partial charge in [-0.3, -0.25) is 0 Å². The topological polar surface area (TPSA) is 66.3 Å². The molecule has 0 aliphatic carbocycles. The Hall–Kier alpha value is -1.36. The van der Waals surface area contributed by atoms with E-state index in [0.29, 0.717) is 18.8 Å².